The first-order valence-corrected chi connectivity index (χ1v) is 9.02. The van der Waals surface area contributed by atoms with E-state index >= 15 is 0 Å². The monoisotopic (exact) mass is 334 g/mol. The van der Waals surface area contributed by atoms with Gasteiger partial charge >= 0.3 is 0 Å². The van der Waals surface area contributed by atoms with Crippen molar-refractivity contribution in [1.29, 1.82) is 0 Å². The number of amides is 1. The van der Waals surface area contributed by atoms with Crippen LogP contribution in [-0.2, 0) is 9.47 Å². The number of fused-ring (bicyclic) bond motifs is 1. The van der Waals surface area contributed by atoms with E-state index in [1.807, 2.05) is 4.90 Å². The number of methoxy groups -OCH3 is 1. The molecule has 1 saturated heterocycles. The van der Waals surface area contributed by atoms with Crippen LogP contribution in [0.15, 0.2) is 10.6 Å². The summed E-state index contributed by atoms with van der Waals surface area (Å²) in [6.45, 7) is 3.38. The van der Waals surface area contributed by atoms with E-state index in [2.05, 4.69) is 5.16 Å². The lowest BCUT2D eigenvalue weighted by molar-refractivity contribution is -0.0977. The molecule has 3 aliphatic rings. The fourth-order valence-corrected chi connectivity index (χ4v) is 4.23. The highest BCUT2D eigenvalue weighted by Crippen LogP contribution is 2.44. The Kier molecular flexibility index (Phi) is 4.12. The Labute approximate surface area is 142 Å². The van der Waals surface area contributed by atoms with E-state index < -0.39 is 0 Å². The van der Waals surface area contributed by atoms with E-state index in [4.69, 9.17) is 14.0 Å². The zero-order valence-corrected chi connectivity index (χ0v) is 14.5. The minimum atomic E-state index is -0.228. The molecule has 3 atom stereocenters. The standard InChI is InChI=1S/C18H26N2O4/c1-12-9-15(19-24-12)17(21)20-8-7-18(22-2)6-5-14(10-16(18)20)23-11-13-3-4-13/h9,13-14,16H,3-8,10-11H2,1-2H3/t14-,16+,18-/m1/s1. The highest BCUT2D eigenvalue weighted by atomic mass is 16.5. The van der Waals surface area contributed by atoms with Crippen LogP contribution in [0.5, 0.6) is 0 Å². The molecular weight excluding hydrogens is 308 g/mol. The molecule has 0 spiro atoms. The zero-order valence-electron chi connectivity index (χ0n) is 14.5. The van der Waals surface area contributed by atoms with Gasteiger partial charge in [0.2, 0.25) is 0 Å². The molecule has 0 unspecified atom stereocenters. The van der Waals surface area contributed by atoms with Gasteiger partial charge in [-0.1, -0.05) is 5.16 Å². The summed E-state index contributed by atoms with van der Waals surface area (Å²) in [6.07, 6.45) is 6.52. The average Bonchev–Trinajstić information content (AvgIpc) is 3.20. The van der Waals surface area contributed by atoms with Crippen molar-refractivity contribution in [2.24, 2.45) is 5.92 Å². The summed E-state index contributed by atoms with van der Waals surface area (Å²) in [5.74, 6) is 1.36. The maximum absolute atomic E-state index is 12.9. The van der Waals surface area contributed by atoms with Gasteiger partial charge in [-0.25, -0.2) is 0 Å². The summed E-state index contributed by atoms with van der Waals surface area (Å²) in [4.78, 5) is 14.8. The van der Waals surface area contributed by atoms with Gasteiger partial charge in [-0.3, -0.25) is 4.79 Å². The maximum Gasteiger partial charge on any atom is 0.276 e. The number of likely N-dealkylation sites (tertiary alicyclic amines) is 1. The van der Waals surface area contributed by atoms with E-state index in [1.54, 1.807) is 20.1 Å². The lowest BCUT2D eigenvalue weighted by Gasteiger charge is -2.43. The molecule has 24 heavy (non-hydrogen) atoms. The lowest BCUT2D eigenvalue weighted by Crippen LogP contribution is -2.53. The Morgan fingerprint density at radius 2 is 2.25 bits per heavy atom. The van der Waals surface area contributed by atoms with Gasteiger partial charge in [0.15, 0.2) is 5.69 Å². The first kappa shape index (κ1) is 16.1. The van der Waals surface area contributed by atoms with E-state index in [-0.39, 0.29) is 23.7 Å². The summed E-state index contributed by atoms with van der Waals surface area (Å²) < 4.78 is 17.1. The van der Waals surface area contributed by atoms with Crippen molar-refractivity contribution in [2.45, 2.75) is 63.2 Å². The van der Waals surface area contributed by atoms with Gasteiger partial charge in [-0.15, -0.1) is 0 Å². The highest BCUT2D eigenvalue weighted by molar-refractivity contribution is 5.92. The van der Waals surface area contributed by atoms with Crippen LogP contribution in [0.4, 0.5) is 0 Å². The quantitative estimate of drug-likeness (QED) is 0.828. The Morgan fingerprint density at radius 3 is 2.92 bits per heavy atom. The molecule has 3 fully saturated rings. The van der Waals surface area contributed by atoms with Crippen LogP contribution in [0.2, 0.25) is 0 Å². The third-order valence-electron chi connectivity index (χ3n) is 5.91. The summed E-state index contributed by atoms with van der Waals surface area (Å²) in [5, 5.41) is 3.90. The fourth-order valence-electron chi connectivity index (χ4n) is 4.23. The summed E-state index contributed by atoms with van der Waals surface area (Å²) in [7, 11) is 1.77. The van der Waals surface area contributed by atoms with Gasteiger partial charge in [0.1, 0.15) is 5.76 Å². The van der Waals surface area contributed by atoms with Gasteiger partial charge in [0, 0.05) is 26.3 Å². The second-order valence-electron chi connectivity index (χ2n) is 7.53. The third-order valence-corrected chi connectivity index (χ3v) is 5.91. The SMILES string of the molecule is CO[C@@]12CC[C@@H](OCC3CC3)C[C@@H]1N(C(=O)c1cc(C)on1)CC2. The van der Waals surface area contributed by atoms with Gasteiger partial charge < -0.3 is 18.9 Å². The van der Waals surface area contributed by atoms with Crippen LogP contribution in [0.25, 0.3) is 0 Å². The molecule has 2 heterocycles. The van der Waals surface area contributed by atoms with Crippen LogP contribution < -0.4 is 0 Å². The van der Waals surface area contributed by atoms with Crippen LogP contribution in [0.1, 0.15) is 54.8 Å². The molecule has 0 bridgehead atoms. The van der Waals surface area contributed by atoms with E-state index in [1.165, 1.54) is 12.8 Å². The molecule has 1 aromatic heterocycles. The molecule has 1 aromatic rings. The van der Waals surface area contributed by atoms with Crippen LogP contribution in [-0.4, -0.2) is 54.0 Å². The average molecular weight is 334 g/mol. The highest BCUT2D eigenvalue weighted by Gasteiger charge is 2.53. The van der Waals surface area contributed by atoms with Crippen molar-refractivity contribution in [3.05, 3.63) is 17.5 Å². The minimum Gasteiger partial charge on any atom is -0.378 e. The number of aromatic nitrogens is 1. The first-order valence-electron chi connectivity index (χ1n) is 9.02. The third kappa shape index (κ3) is 2.86. The van der Waals surface area contributed by atoms with Crippen molar-refractivity contribution < 1.29 is 18.8 Å². The molecule has 4 rings (SSSR count). The molecule has 1 aliphatic heterocycles. The number of carbonyl (C=O) groups is 1. The van der Waals surface area contributed by atoms with Gasteiger partial charge in [-0.2, -0.15) is 0 Å². The molecule has 6 heteroatoms. The molecule has 132 valence electrons. The van der Waals surface area contributed by atoms with Crippen LogP contribution in [0.3, 0.4) is 0 Å². The molecule has 2 aliphatic carbocycles. The Hall–Kier alpha value is -1.40. The summed E-state index contributed by atoms with van der Waals surface area (Å²) in [6, 6.07) is 1.77. The van der Waals surface area contributed by atoms with E-state index in [9.17, 15) is 4.79 Å². The molecular formula is C18H26N2O4. The number of rotatable bonds is 5. The number of hydrogen-bond donors (Lipinski definition) is 0. The number of nitrogens with zero attached hydrogens (tertiary/aromatic N) is 2. The fraction of sp³-hybridized carbons (Fsp3) is 0.778. The summed E-state index contributed by atoms with van der Waals surface area (Å²) in [5.41, 5.74) is 0.161. The normalized spacial score (nSPS) is 32.8. The largest absolute Gasteiger partial charge is 0.378 e. The predicted molar refractivity (Wildman–Crippen MR) is 86.7 cm³/mol. The Bertz CT molecular complexity index is 612. The molecule has 1 amide bonds. The number of hydrogen-bond acceptors (Lipinski definition) is 5. The topological polar surface area (TPSA) is 64.8 Å². The second-order valence-corrected chi connectivity index (χ2v) is 7.53. The van der Waals surface area contributed by atoms with Crippen LogP contribution in [0, 0.1) is 12.8 Å². The van der Waals surface area contributed by atoms with Crippen molar-refractivity contribution in [3.8, 4) is 0 Å². The molecule has 0 radical (unpaired) electrons. The van der Waals surface area contributed by atoms with E-state index in [0.29, 0.717) is 18.0 Å². The predicted octanol–water partition coefficient (Wildman–Crippen LogP) is 2.56. The van der Waals surface area contributed by atoms with E-state index in [0.717, 1.165) is 38.2 Å². The van der Waals surface area contributed by atoms with Crippen molar-refractivity contribution >= 4 is 5.91 Å². The summed E-state index contributed by atoms with van der Waals surface area (Å²) >= 11 is 0. The minimum absolute atomic E-state index is 0.0568. The lowest BCUT2D eigenvalue weighted by atomic mass is 9.79. The van der Waals surface area contributed by atoms with Gasteiger partial charge in [0.25, 0.3) is 5.91 Å². The Balaban J connectivity index is 1.49. The van der Waals surface area contributed by atoms with Crippen molar-refractivity contribution in [3.63, 3.8) is 0 Å². The first-order chi connectivity index (χ1) is 11.6. The smallest absolute Gasteiger partial charge is 0.276 e. The molecule has 0 aromatic carbocycles. The number of aryl methyl sites for hydroxylation is 1. The van der Waals surface area contributed by atoms with Crippen LogP contribution >= 0.6 is 0 Å². The number of ether oxygens (including phenoxy) is 2. The van der Waals surface area contributed by atoms with Crippen molar-refractivity contribution in [2.75, 3.05) is 20.3 Å². The maximum atomic E-state index is 12.9. The Morgan fingerprint density at radius 1 is 1.42 bits per heavy atom. The molecule has 0 N–H and O–H groups in total. The number of carbonyl (C=O) groups excluding carboxylic acids is 1. The molecule has 2 saturated carbocycles. The van der Waals surface area contributed by atoms with Gasteiger partial charge in [-0.05, 0) is 51.4 Å². The van der Waals surface area contributed by atoms with Gasteiger partial charge in [0.05, 0.1) is 17.7 Å². The molecule has 6 nitrogen and oxygen atoms in total. The van der Waals surface area contributed by atoms with Crippen molar-refractivity contribution in [1.82, 2.24) is 10.1 Å². The second kappa shape index (κ2) is 6.15. The zero-order chi connectivity index (χ0) is 16.7.